The summed E-state index contributed by atoms with van der Waals surface area (Å²) in [5.74, 6) is 0.130. The van der Waals surface area contributed by atoms with Crippen LogP contribution >= 0.6 is 0 Å². The molecule has 1 spiro atoms. The SMILES string of the molecule is CCCN(CC(=O)NCc1ccc(OCC(N)=O)cc1)C1CC(OCC)C12CCCCC2. The van der Waals surface area contributed by atoms with Gasteiger partial charge in [0.25, 0.3) is 5.91 Å². The van der Waals surface area contributed by atoms with Crippen LogP contribution in [0, 0.1) is 5.41 Å². The Hall–Kier alpha value is -2.12. The van der Waals surface area contributed by atoms with E-state index in [9.17, 15) is 9.59 Å². The second-order valence-electron chi connectivity index (χ2n) is 9.14. The van der Waals surface area contributed by atoms with Gasteiger partial charge in [-0.25, -0.2) is 0 Å². The number of primary amides is 1. The number of benzene rings is 1. The molecule has 0 radical (unpaired) electrons. The van der Waals surface area contributed by atoms with Crippen LogP contribution in [0.25, 0.3) is 0 Å². The second-order valence-corrected chi connectivity index (χ2v) is 9.14. The first-order valence-corrected chi connectivity index (χ1v) is 12.1. The zero-order valence-corrected chi connectivity index (χ0v) is 19.6. The zero-order chi connectivity index (χ0) is 23.0. The summed E-state index contributed by atoms with van der Waals surface area (Å²) in [5.41, 5.74) is 6.30. The summed E-state index contributed by atoms with van der Waals surface area (Å²) < 4.78 is 11.4. The molecule has 1 aromatic carbocycles. The molecule has 0 saturated heterocycles. The van der Waals surface area contributed by atoms with Crippen LogP contribution < -0.4 is 15.8 Å². The van der Waals surface area contributed by atoms with E-state index in [1.165, 1.54) is 32.1 Å². The molecule has 0 aliphatic heterocycles. The lowest BCUT2D eigenvalue weighted by Crippen LogP contribution is -2.66. The molecular formula is C25H39N3O4. The van der Waals surface area contributed by atoms with E-state index in [4.69, 9.17) is 15.2 Å². The van der Waals surface area contributed by atoms with Crippen molar-refractivity contribution < 1.29 is 19.1 Å². The van der Waals surface area contributed by atoms with Gasteiger partial charge in [0, 0.05) is 24.6 Å². The van der Waals surface area contributed by atoms with E-state index in [1.54, 1.807) is 12.1 Å². The smallest absolute Gasteiger partial charge is 0.255 e. The molecule has 7 heteroatoms. The Balaban J connectivity index is 1.54. The van der Waals surface area contributed by atoms with Gasteiger partial charge in [0.2, 0.25) is 5.91 Å². The standard InChI is InChI=1S/C25H39N3O4/c1-3-14-28(21-15-22(31-4-2)25(21)12-6-5-7-13-25)17-24(30)27-16-19-8-10-20(11-9-19)32-18-23(26)29/h8-11,21-22H,3-7,12-18H2,1-2H3,(H2,26,29)(H,27,30). The topological polar surface area (TPSA) is 93.9 Å². The van der Waals surface area contributed by atoms with E-state index in [1.807, 2.05) is 12.1 Å². The average molecular weight is 446 g/mol. The molecule has 0 heterocycles. The number of carbonyl (C=O) groups excluding carboxylic acids is 2. The van der Waals surface area contributed by atoms with E-state index in [2.05, 4.69) is 24.1 Å². The van der Waals surface area contributed by atoms with Crippen molar-refractivity contribution in [3.63, 3.8) is 0 Å². The Labute approximate surface area is 192 Å². The number of rotatable bonds is 12. The maximum Gasteiger partial charge on any atom is 0.255 e. The lowest BCUT2D eigenvalue weighted by Gasteiger charge is -2.60. The van der Waals surface area contributed by atoms with Gasteiger partial charge >= 0.3 is 0 Å². The van der Waals surface area contributed by atoms with Crippen molar-refractivity contribution in [2.24, 2.45) is 11.1 Å². The molecule has 2 saturated carbocycles. The molecule has 1 aromatic rings. The number of nitrogens with two attached hydrogens (primary N) is 1. The van der Waals surface area contributed by atoms with Crippen LogP contribution in [-0.2, 0) is 20.9 Å². The van der Waals surface area contributed by atoms with Crippen molar-refractivity contribution in [3.05, 3.63) is 29.8 Å². The Bertz CT molecular complexity index is 746. The van der Waals surface area contributed by atoms with Gasteiger partial charge in [-0.05, 0) is 56.8 Å². The van der Waals surface area contributed by atoms with E-state index in [0.717, 1.165) is 31.6 Å². The van der Waals surface area contributed by atoms with Gasteiger partial charge < -0.3 is 20.5 Å². The number of hydrogen-bond acceptors (Lipinski definition) is 5. The summed E-state index contributed by atoms with van der Waals surface area (Å²) in [7, 11) is 0. The van der Waals surface area contributed by atoms with Gasteiger partial charge in [0.05, 0.1) is 12.6 Å². The van der Waals surface area contributed by atoms with Gasteiger partial charge in [-0.2, -0.15) is 0 Å². The Morgan fingerprint density at radius 1 is 1.16 bits per heavy atom. The maximum absolute atomic E-state index is 12.8. The summed E-state index contributed by atoms with van der Waals surface area (Å²) in [6.07, 6.45) is 8.70. The number of nitrogens with one attached hydrogen (secondary N) is 1. The van der Waals surface area contributed by atoms with Crippen molar-refractivity contribution in [3.8, 4) is 5.75 Å². The number of carbonyl (C=O) groups is 2. The third kappa shape index (κ3) is 6.01. The Morgan fingerprint density at radius 3 is 2.50 bits per heavy atom. The Kier molecular flexibility index (Phi) is 8.93. The Morgan fingerprint density at radius 2 is 1.88 bits per heavy atom. The molecule has 3 N–H and O–H groups in total. The van der Waals surface area contributed by atoms with Crippen molar-refractivity contribution >= 4 is 11.8 Å². The maximum atomic E-state index is 12.8. The molecule has 2 unspecified atom stereocenters. The number of amides is 2. The monoisotopic (exact) mass is 445 g/mol. The number of nitrogens with zero attached hydrogens (tertiary/aromatic N) is 1. The largest absolute Gasteiger partial charge is 0.484 e. The van der Waals surface area contributed by atoms with Crippen molar-refractivity contribution in [1.82, 2.24) is 10.2 Å². The van der Waals surface area contributed by atoms with Crippen LogP contribution in [0.1, 0.15) is 64.4 Å². The highest BCUT2D eigenvalue weighted by atomic mass is 16.5. The van der Waals surface area contributed by atoms with Crippen molar-refractivity contribution in [2.45, 2.75) is 77.5 Å². The van der Waals surface area contributed by atoms with Crippen LogP contribution in [0.2, 0.25) is 0 Å². The molecule has 0 aromatic heterocycles. The summed E-state index contributed by atoms with van der Waals surface area (Å²) in [4.78, 5) is 26.0. The minimum Gasteiger partial charge on any atom is -0.484 e. The molecule has 178 valence electrons. The van der Waals surface area contributed by atoms with Crippen LogP contribution in [0.3, 0.4) is 0 Å². The van der Waals surface area contributed by atoms with Crippen molar-refractivity contribution in [2.75, 3.05) is 26.3 Å². The highest BCUT2D eigenvalue weighted by Gasteiger charge is 2.57. The lowest BCUT2D eigenvalue weighted by atomic mass is 9.54. The average Bonchev–Trinajstić information content (AvgIpc) is 2.80. The molecule has 2 aliphatic rings. The fraction of sp³-hybridized carbons (Fsp3) is 0.680. The summed E-state index contributed by atoms with van der Waals surface area (Å²) >= 11 is 0. The third-order valence-corrected chi connectivity index (χ3v) is 6.99. The first-order chi connectivity index (χ1) is 15.5. The minimum atomic E-state index is -0.507. The summed E-state index contributed by atoms with van der Waals surface area (Å²) in [6.45, 7) is 6.71. The highest BCUT2D eigenvalue weighted by Crippen LogP contribution is 2.55. The van der Waals surface area contributed by atoms with E-state index in [-0.39, 0.29) is 17.9 Å². The first kappa shape index (κ1) is 24.5. The highest BCUT2D eigenvalue weighted by molar-refractivity contribution is 5.78. The van der Waals surface area contributed by atoms with Gasteiger partial charge in [-0.15, -0.1) is 0 Å². The fourth-order valence-electron chi connectivity index (χ4n) is 5.47. The van der Waals surface area contributed by atoms with Gasteiger partial charge in [0.15, 0.2) is 6.61 Å². The quantitative estimate of drug-likeness (QED) is 0.516. The summed E-state index contributed by atoms with van der Waals surface area (Å²) in [5, 5.41) is 3.06. The van der Waals surface area contributed by atoms with Gasteiger partial charge in [0.1, 0.15) is 5.75 Å². The van der Waals surface area contributed by atoms with Crippen molar-refractivity contribution in [1.29, 1.82) is 0 Å². The lowest BCUT2D eigenvalue weighted by molar-refractivity contribution is -0.183. The molecule has 2 atom stereocenters. The normalized spacial score (nSPS) is 21.8. The minimum absolute atomic E-state index is 0.0540. The molecule has 0 bridgehead atoms. The predicted octanol–water partition coefficient (Wildman–Crippen LogP) is 3.01. The van der Waals surface area contributed by atoms with Gasteiger partial charge in [-0.1, -0.05) is 38.3 Å². The fourth-order valence-corrected chi connectivity index (χ4v) is 5.47. The molecular weight excluding hydrogens is 406 g/mol. The molecule has 2 aliphatic carbocycles. The molecule has 7 nitrogen and oxygen atoms in total. The third-order valence-electron chi connectivity index (χ3n) is 6.99. The van der Waals surface area contributed by atoms with E-state index < -0.39 is 5.91 Å². The van der Waals surface area contributed by atoms with Gasteiger partial charge in [-0.3, -0.25) is 14.5 Å². The summed E-state index contributed by atoms with van der Waals surface area (Å²) in [6, 6.07) is 7.77. The first-order valence-electron chi connectivity index (χ1n) is 12.1. The number of ether oxygens (including phenoxy) is 2. The number of hydrogen-bond donors (Lipinski definition) is 2. The molecule has 2 amide bonds. The van der Waals surface area contributed by atoms with Crippen LogP contribution in [0.15, 0.2) is 24.3 Å². The van der Waals surface area contributed by atoms with E-state index >= 15 is 0 Å². The second kappa shape index (κ2) is 11.7. The van der Waals surface area contributed by atoms with Crippen LogP contribution in [0.5, 0.6) is 5.75 Å². The molecule has 32 heavy (non-hydrogen) atoms. The predicted molar refractivity (Wildman–Crippen MR) is 124 cm³/mol. The molecule has 2 fully saturated rings. The molecule has 3 rings (SSSR count). The van der Waals surface area contributed by atoms with Crippen LogP contribution in [-0.4, -0.2) is 55.2 Å². The van der Waals surface area contributed by atoms with Crippen LogP contribution in [0.4, 0.5) is 0 Å². The zero-order valence-electron chi connectivity index (χ0n) is 19.6. The van der Waals surface area contributed by atoms with E-state index in [0.29, 0.717) is 31.0 Å².